The molecule has 0 aromatic carbocycles. The minimum atomic E-state index is -3.85. The molecule has 2 fully saturated rings. The van der Waals surface area contributed by atoms with E-state index in [2.05, 4.69) is 4.98 Å². The van der Waals surface area contributed by atoms with Crippen LogP contribution in [0.4, 0.5) is 0 Å². The molecule has 0 aliphatic carbocycles. The first-order valence-electron chi connectivity index (χ1n) is 7.03. The van der Waals surface area contributed by atoms with Crippen molar-refractivity contribution in [2.75, 3.05) is 0 Å². The maximum absolute atomic E-state index is 12.7. The number of pyridine rings is 1. The molecular weight excluding hydrogens is 320 g/mol. The second-order valence-electron chi connectivity index (χ2n) is 6.26. The number of nitrogens with zero attached hydrogens (tertiary/aromatic N) is 2. The Kier molecular flexibility index (Phi) is 3.16. The number of aromatic nitrogens is 1. The van der Waals surface area contributed by atoms with Crippen LogP contribution in [0.15, 0.2) is 23.9 Å². The van der Waals surface area contributed by atoms with Gasteiger partial charge in [-0.3, -0.25) is 9.78 Å². The van der Waals surface area contributed by atoms with Gasteiger partial charge >= 0.3 is 5.97 Å². The fourth-order valence-corrected chi connectivity index (χ4v) is 5.26. The normalized spacial score (nSPS) is 29.3. The number of rotatable bonds is 2. The molecule has 0 radical (unpaired) electrons. The number of fused-ring (bicyclic) bond motifs is 1. The third-order valence-electron chi connectivity index (χ3n) is 4.54. The Morgan fingerprint density at radius 3 is 2.65 bits per heavy atom. The summed E-state index contributed by atoms with van der Waals surface area (Å²) in [5.74, 6) is -1.89. The Hall–Kier alpha value is -2.22. The molecule has 0 saturated carbocycles. The van der Waals surface area contributed by atoms with Gasteiger partial charge in [0.15, 0.2) is 21.3 Å². The molecule has 2 aliphatic heterocycles. The van der Waals surface area contributed by atoms with Gasteiger partial charge < -0.3 is 10.0 Å². The maximum Gasteiger partial charge on any atom is 0.328 e. The van der Waals surface area contributed by atoms with Crippen LogP contribution in [0.3, 0.4) is 0 Å². The van der Waals surface area contributed by atoms with Gasteiger partial charge in [-0.1, -0.05) is 6.07 Å². The van der Waals surface area contributed by atoms with Gasteiger partial charge in [-0.05, 0) is 38.5 Å². The number of aryl methyl sites for hydroxylation is 1. The van der Waals surface area contributed by atoms with Crippen molar-refractivity contribution in [1.82, 2.24) is 9.88 Å². The summed E-state index contributed by atoms with van der Waals surface area (Å²) in [6, 6.07) is 2.15. The molecule has 2 aliphatic rings. The van der Waals surface area contributed by atoms with E-state index in [4.69, 9.17) is 0 Å². The zero-order valence-corrected chi connectivity index (χ0v) is 13.7. The molecule has 122 valence electrons. The van der Waals surface area contributed by atoms with Crippen LogP contribution in [-0.4, -0.2) is 51.4 Å². The number of hydrogen-bond acceptors (Lipinski definition) is 5. The van der Waals surface area contributed by atoms with E-state index >= 15 is 0 Å². The Balaban J connectivity index is 2.12. The molecule has 3 heterocycles. The molecule has 1 unspecified atom stereocenters. The Labute approximate surface area is 133 Å². The van der Waals surface area contributed by atoms with Gasteiger partial charge in [0.1, 0.15) is 4.75 Å². The lowest BCUT2D eigenvalue weighted by atomic mass is 9.95. The van der Waals surface area contributed by atoms with E-state index in [1.807, 2.05) is 0 Å². The Morgan fingerprint density at radius 2 is 2.09 bits per heavy atom. The summed E-state index contributed by atoms with van der Waals surface area (Å²) < 4.78 is 23.9. The van der Waals surface area contributed by atoms with Crippen LogP contribution < -0.4 is 0 Å². The molecule has 0 spiro atoms. The number of carbonyl (C=O) groups excluding carboxylic acids is 1. The van der Waals surface area contributed by atoms with Crippen molar-refractivity contribution in [3.63, 3.8) is 0 Å². The quantitative estimate of drug-likeness (QED) is 0.626. The van der Waals surface area contributed by atoms with Crippen molar-refractivity contribution in [3.05, 3.63) is 35.2 Å². The number of amides is 1. The molecule has 23 heavy (non-hydrogen) atoms. The highest BCUT2D eigenvalue weighted by Gasteiger charge is 2.70. The minimum absolute atomic E-state index is 0.0728. The first kappa shape index (κ1) is 15.7. The van der Waals surface area contributed by atoms with Crippen molar-refractivity contribution in [3.8, 4) is 0 Å². The molecule has 7 nitrogen and oxygen atoms in total. The Morgan fingerprint density at radius 1 is 1.43 bits per heavy atom. The molecular formula is C15H16N2O5S. The van der Waals surface area contributed by atoms with Crippen molar-refractivity contribution >= 4 is 27.8 Å². The van der Waals surface area contributed by atoms with Gasteiger partial charge in [0, 0.05) is 6.20 Å². The maximum atomic E-state index is 12.7. The smallest absolute Gasteiger partial charge is 0.328 e. The number of β-lactam (4-membered cyclic amide) rings is 1. The summed E-state index contributed by atoms with van der Waals surface area (Å²) in [5, 5.41) is 8.14. The number of sulfone groups is 1. The number of carboxylic acid groups (broad SMARTS) is 1. The molecule has 8 heteroatoms. The molecule has 1 aromatic rings. The first-order valence-corrected chi connectivity index (χ1v) is 8.57. The largest absolute Gasteiger partial charge is 0.480 e. The van der Waals surface area contributed by atoms with Crippen LogP contribution in [0, 0.1) is 6.92 Å². The third-order valence-corrected chi connectivity index (χ3v) is 7.30. The predicted octanol–water partition coefficient (Wildman–Crippen LogP) is 0.602. The van der Waals surface area contributed by atoms with Crippen molar-refractivity contribution in [2.45, 2.75) is 36.9 Å². The van der Waals surface area contributed by atoms with Gasteiger partial charge in [0.05, 0.1) is 11.3 Å². The van der Waals surface area contributed by atoms with Gasteiger partial charge in [0.25, 0.3) is 5.91 Å². The van der Waals surface area contributed by atoms with Gasteiger partial charge in [-0.15, -0.1) is 0 Å². The monoisotopic (exact) mass is 336 g/mol. The summed E-state index contributed by atoms with van der Waals surface area (Å²) in [7, 11) is -3.85. The number of carboxylic acids is 1. The summed E-state index contributed by atoms with van der Waals surface area (Å²) >= 11 is 0. The van der Waals surface area contributed by atoms with Gasteiger partial charge in [-0.25, -0.2) is 13.2 Å². The highest BCUT2D eigenvalue weighted by Crippen LogP contribution is 2.48. The fourth-order valence-electron chi connectivity index (χ4n) is 3.14. The number of aliphatic carboxylic acids is 1. The van der Waals surface area contributed by atoms with Crippen molar-refractivity contribution in [2.24, 2.45) is 0 Å². The van der Waals surface area contributed by atoms with E-state index in [0.717, 1.165) is 10.5 Å². The molecule has 0 bridgehead atoms. The lowest BCUT2D eigenvalue weighted by molar-refractivity contribution is -0.152. The summed E-state index contributed by atoms with van der Waals surface area (Å²) in [6.45, 7) is 4.49. The van der Waals surface area contributed by atoms with Crippen LogP contribution in [0.1, 0.15) is 25.1 Å². The molecule has 1 N–H and O–H groups in total. The SMILES string of the molecule is Cc1cccnc1/C=C1/C(=O)N2C1S(=O)(=O)C(C)(C)[C@@H]2C(=O)O. The molecule has 2 atom stereocenters. The standard InChI is InChI=1S/C15H16N2O5S/c1-8-5-4-6-16-10(8)7-9-12(18)17-11(14(19)20)15(2,3)23(21,22)13(9)17/h4-7,11,13H,1-3H3,(H,19,20)/b9-7-/t11-,13?/m0/s1. The summed E-state index contributed by atoms with van der Waals surface area (Å²) in [5.41, 5.74) is 1.38. The van der Waals surface area contributed by atoms with Crippen LogP contribution >= 0.6 is 0 Å². The topological polar surface area (TPSA) is 105 Å². The van der Waals surface area contributed by atoms with E-state index in [1.54, 1.807) is 25.3 Å². The van der Waals surface area contributed by atoms with E-state index < -0.39 is 37.9 Å². The highest BCUT2D eigenvalue weighted by atomic mass is 32.2. The number of hydrogen-bond donors (Lipinski definition) is 1. The van der Waals surface area contributed by atoms with Crippen molar-refractivity contribution in [1.29, 1.82) is 0 Å². The first-order chi connectivity index (χ1) is 10.6. The second-order valence-corrected chi connectivity index (χ2v) is 8.85. The van der Waals surface area contributed by atoms with Gasteiger partial charge in [-0.2, -0.15) is 0 Å². The minimum Gasteiger partial charge on any atom is -0.480 e. The van der Waals surface area contributed by atoms with Crippen LogP contribution in [0.2, 0.25) is 0 Å². The van der Waals surface area contributed by atoms with Crippen molar-refractivity contribution < 1.29 is 23.1 Å². The zero-order valence-electron chi connectivity index (χ0n) is 12.8. The van der Waals surface area contributed by atoms with E-state index in [1.165, 1.54) is 19.9 Å². The number of carbonyl (C=O) groups is 2. The molecule has 1 amide bonds. The van der Waals surface area contributed by atoms with E-state index in [0.29, 0.717) is 5.69 Å². The molecule has 3 rings (SSSR count). The highest BCUT2D eigenvalue weighted by molar-refractivity contribution is 7.94. The van der Waals surface area contributed by atoms with E-state index in [-0.39, 0.29) is 5.57 Å². The zero-order chi connectivity index (χ0) is 17.2. The predicted molar refractivity (Wildman–Crippen MR) is 82.0 cm³/mol. The molecule has 2 saturated heterocycles. The van der Waals surface area contributed by atoms with E-state index in [9.17, 15) is 23.1 Å². The third kappa shape index (κ3) is 1.87. The van der Waals surface area contributed by atoms with Gasteiger partial charge in [0.2, 0.25) is 0 Å². The lowest BCUT2D eigenvalue weighted by Gasteiger charge is -2.37. The fraction of sp³-hybridized carbons (Fsp3) is 0.400. The average molecular weight is 336 g/mol. The second kappa shape index (κ2) is 4.64. The average Bonchev–Trinajstić information content (AvgIpc) is 2.60. The Bertz CT molecular complexity index is 856. The molecule has 1 aromatic heterocycles. The van der Waals surface area contributed by atoms with Crippen LogP contribution in [-0.2, 0) is 19.4 Å². The van der Waals surface area contributed by atoms with Crippen LogP contribution in [0.5, 0.6) is 0 Å². The lowest BCUT2D eigenvalue weighted by Crippen LogP contribution is -2.58. The summed E-state index contributed by atoms with van der Waals surface area (Å²) in [6.07, 6.45) is 2.99. The summed E-state index contributed by atoms with van der Waals surface area (Å²) in [4.78, 5) is 28.9. The van der Waals surface area contributed by atoms with Crippen LogP contribution in [0.25, 0.3) is 6.08 Å².